The van der Waals surface area contributed by atoms with E-state index >= 15 is 0 Å². The molecule has 0 amide bonds. The topological polar surface area (TPSA) is 95.1 Å². The number of rotatable bonds is 5. The zero-order valence-corrected chi connectivity index (χ0v) is 11.3. The van der Waals surface area contributed by atoms with E-state index in [4.69, 9.17) is 5.11 Å². The first kappa shape index (κ1) is 13.2. The van der Waals surface area contributed by atoms with Crippen molar-refractivity contribution in [3.63, 3.8) is 0 Å². The molecular formula is C10H13N3O3S2. The minimum Gasteiger partial charge on any atom is -0.392 e. The highest BCUT2D eigenvalue weighted by atomic mass is 32.2. The van der Waals surface area contributed by atoms with Crippen molar-refractivity contribution in [1.82, 2.24) is 14.9 Å². The van der Waals surface area contributed by atoms with Gasteiger partial charge in [-0.15, -0.1) is 11.3 Å². The lowest BCUT2D eigenvalue weighted by atomic mass is 10.2. The third-order valence-corrected chi connectivity index (χ3v) is 5.46. The van der Waals surface area contributed by atoms with Crippen molar-refractivity contribution in [2.24, 2.45) is 0 Å². The molecule has 2 rings (SSSR count). The van der Waals surface area contributed by atoms with Crippen LogP contribution in [-0.4, -0.2) is 23.7 Å². The Morgan fingerprint density at radius 2 is 2.39 bits per heavy atom. The van der Waals surface area contributed by atoms with Crippen molar-refractivity contribution in [3.05, 3.63) is 35.0 Å². The van der Waals surface area contributed by atoms with Crippen LogP contribution in [0.5, 0.6) is 0 Å². The van der Waals surface area contributed by atoms with Gasteiger partial charge in [0, 0.05) is 17.8 Å². The average molecular weight is 287 g/mol. The average Bonchev–Trinajstić information content (AvgIpc) is 3.00. The van der Waals surface area contributed by atoms with Crippen LogP contribution < -0.4 is 4.72 Å². The number of nitrogens with one attached hydrogen (secondary N) is 2. The lowest BCUT2D eigenvalue weighted by molar-refractivity contribution is 0.282. The van der Waals surface area contributed by atoms with E-state index in [9.17, 15) is 8.42 Å². The molecule has 6 nitrogen and oxygen atoms in total. The highest BCUT2D eigenvalue weighted by Crippen LogP contribution is 2.22. The smallest absolute Gasteiger partial charge is 0.250 e. The molecule has 0 radical (unpaired) electrons. The zero-order valence-electron chi connectivity index (χ0n) is 9.62. The van der Waals surface area contributed by atoms with Crippen molar-refractivity contribution < 1.29 is 13.5 Å². The van der Waals surface area contributed by atoms with Gasteiger partial charge in [-0.25, -0.2) is 13.1 Å². The Hall–Kier alpha value is -1.22. The van der Waals surface area contributed by atoms with Gasteiger partial charge in [-0.05, 0) is 23.9 Å². The Balaban J connectivity index is 2.17. The lowest BCUT2D eigenvalue weighted by Gasteiger charge is -2.11. The molecule has 98 valence electrons. The van der Waals surface area contributed by atoms with Crippen LogP contribution >= 0.6 is 11.3 Å². The molecule has 2 heterocycles. The van der Waals surface area contributed by atoms with Crippen molar-refractivity contribution in [2.45, 2.75) is 23.8 Å². The third kappa shape index (κ3) is 2.78. The number of aliphatic hydroxyl groups is 1. The first-order valence-electron chi connectivity index (χ1n) is 5.22. The molecule has 0 fully saturated rings. The molecule has 1 atom stereocenters. The second-order valence-electron chi connectivity index (χ2n) is 3.81. The Labute approximate surface area is 109 Å². The SMILES string of the molecule is CC(NS(=O)(=O)c1cc(CO)cs1)c1cn[nH]c1. The predicted octanol–water partition coefficient (Wildman–Crippen LogP) is 1.00. The number of thiophene rings is 1. The summed E-state index contributed by atoms with van der Waals surface area (Å²) in [5, 5.41) is 17.0. The predicted molar refractivity (Wildman–Crippen MR) is 67.6 cm³/mol. The van der Waals surface area contributed by atoms with E-state index in [0.29, 0.717) is 5.56 Å². The van der Waals surface area contributed by atoms with Gasteiger partial charge in [-0.1, -0.05) is 0 Å². The third-order valence-electron chi connectivity index (χ3n) is 2.43. The minimum atomic E-state index is -3.56. The van der Waals surface area contributed by atoms with Gasteiger partial charge in [0.05, 0.1) is 12.8 Å². The summed E-state index contributed by atoms with van der Waals surface area (Å²) in [5.74, 6) is 0. The fraction of sp³-hybridized carbons (Fsp3) is 0.300. The van der Waals surface area contributed by atoms with Crippen LogP contribution in [0.1, 0.15) is 24.1 Å². The summed E-state index contributed by atoms with van der Waals surface area (Å²) < 4.78 is 26.9. The summed E-state index contributed by atoms with van der Waals surface area (Å²) in [4.78, 5) is 0. The van der Waals surface area contributed by atoms with Gasteiger partial charge >= 0.3 is 0 Å². The van der Waals surface area contributed by atoms with Gasteiger partial charge in [0.1, 0.15) is 4.21 Å². The minimum absolute atomic E-state index is 0.163. The van der Waals surface area contributed by atoms with Gasteiger partial charge in [0.25, 0.3) is 10.0 Å². The first-order chi connectivity index (χ1) is 8.53. The van der Waals surface area contributed by atoms with Crippen LogP contribution in [0, 0.1) is 0 Å². The van der Waals surface area contributed by atoms with Crippen molar-refractivity contribution in [2.75, 3.05) is 0 Å². The van der Waals surface area contributed by atoms with Crippen LogP contribution in [-0.2, 0) is 16.6 Å². The highest BCUT2D eigenvalue weighted by molar-refractivity contribution is 7.91. The van der Waals surface area contributed by atoms with Crippen LogP contribution in [0.4, 0.5) is 0 Å². The summed E-state index contributed by atoms with van der Waals surface area (Å²) in [6.45, 7) is 1.58. The van der Waals surface area contributed by atoms with Gasteiger partial charge in [-0.2, -0.15) is 5.10 Å². The lowest BCUT2D eigenvalue weighted by Crippen LogP contribution is -2.26. The molecule has 2 aromatic rings. The molecule has 0 saturated heterocycles. The molecule has 0 aliphatic heterocycles. The van der Waals surface area contributed by atoms with E-state index in [0.717, 1.165) is 16.9 Å². The van der Waals surface area contributed by atoms with Gasteiger partial charge in [0.15, 0.2) is 0 Å². The zero-order chi connectivity index (χ0) is 13.2. The maximum absolute atomic E-state index is 12.1. The molecule has 0 bridgehead atoms. The summed E-state index contributed by atoms with van der Waals surface area (Å²) in [6, 6.07) is 1.10. The number of nitrogens with zero attached hydrogens (tertiary/aromatic N) is 1. The maximum atomic E-state index is 12.1. The molecule has 8 heteroatoms. The van der Waals surface area contributed by atoms with Crippen molar-refractivity contribution >= 4 is 21.4 Å². The summed E-state index contributed by atoms with van der Waals surface area (Å²) in [5.41, 5.74) is 1.36. The number of sulfonamides is 1. The Morgan fingerprint density at radius 3 is 2.94 bits per heavy atom. The van der Waals surface area contributed by atoms with E-state index in [1.807, 2.05) is 0 Å². The molecule has 0 aliphatic rings. The molecule has 0 saturated carbocycles. The Morgan fingerprint density at radius 1 is 1.61 bits per heavy atom. The second-order valence-corrected chi connectivity index (χ2v) is 6.66. The highest BCUT2D eigenvalue weighted by Gasteiger charge is 2.20. The normalized spacial score (nSPS) is 13.7. The quantitative estimate of drug-likeness (QED) is 0.764. The molecule has 0 aliphatic carbocycles. The fourth-order valence-corrected chi connectivity index (χ4v) is 3.88. The fourth-order valence-electron chi connectivity index (χ4n) is 1.43. The number of hydrogen-bond donors (Lipinski definition) is 3. The van der Waals surface area contributed by atoms with Crippen molar-refractivity contribution in [1.29, 1.82) is 0 Å². The van der Waals surface area contributed by atoms with Gasteiger partial charge < -0.3 is 5.11 Å². The molecular weight excluding hydrogens is 274 g/mol. The van der Waals surface area contributed by atoms with Crippen LogP contribution in [0.15, 0.2) is 28.0 Å². The van der Waals surface area contributed by atoms with E-state index < -0.39 is 10.0 Å². The summed E-state index contributed by atoms with van der Waals surface area (Å²) >= 11 is 1.09. The molecule has 3 N–H and O–H groups in total. The number of H-pyrrole nitrogens is 1. The number of aliphatic hydroxyl groups excluding tert-OH is 1. The Bertz CT molecular complexity index is 604. The van der Waals surface area contributed by atoms with E-state index in [2.05, 4.69) is 14.9 Å². The van der Waals surface area contributed by atoms with Crippen molar-refractivity contribution in [3.8, 4) is 0 Å². The monoisotopic (exact) mass is 287 g/mol. The molecule has 18 heavy (non-hydrogen) atoms. The first-order valence-corrected chi connectivity index (χ1v) is 7.58. The molecule has 1 unspecified atom stereocenters. The number of hydrogen-bond acceptors (Lipinski definition) is 5. The summed E-state index contributed by atoms with van der Waals surface area (Å²) in [7, 11) is -3.56. The van der Waals surface area contributed by atoms with Gasteiger partial charge in [0.2, 0.25) is 0 Å². The second kappa shape index (κ2) is 5.19. The summed E-state index contributed by atoms with van der Waals surface area (Å²) in [6.07, 6.45) is 3.21. The van der Waals surface area contributed by atoms with Crippen LogP contribution in [0.2, 0.25) is 0 Å². The van der Waals surface area contributed by atoms with E-state index in [-0.39, 0.29) is 16.9 Å². The number of aromatic amines is 1. The van der Waals surface area contributed by atoms with Crippen LogP contribution in [0.3, 0.4) is 0 Å². The molecule has 2 aromatic heterocycles. The van der Waals surface area contributed by atoms with Crippen LogP contribution in [0.25, 0.3) is 0 Å². The van der Waals surface area contributed by atoms with E-state index in [1.54, 1.807) is 24.7 Å². The molecule has 0 spiro atoms. The van der Waals surface area contributed by atoms with Gasteiger partial charge in [-0.3, -0.25) is 5.10 Å². The largest absolute Gasteiger partial charge is 0.392 e. The number of aromatic nitrogens is 2. The molecule has 0 aromatic carbocycles. The maximum Gasteiger partial charge on any atom is 0.250 e. The van der Waals surface area contributed by atoms with E-state index in [1.165, 1.54) is 6.07 Å². The standard InChI is InChI=1S/C10H13N3O3S2/c1-7(9-3-11-12-4-9)13-18(15,16)10-2-8(5-14)6-17-10/h2-4,6-7,13-14H,5H2,1H3,(H,11,12). The Kier molecular flexibility index (Phi) is 3.81.